The number of hydrogen-bond acceptors (Lipinski definition) is 6. The number of rotatable bonds is 4. The number of fused-ring (bicyclic) bond motifs is 9. The lowest BCUT2D eigenvalue weighted by Crippen LogP contribution is -2.36. The highest BCUT2D eigenvalue weighted by molar-refractivity contribution is 7.25. The van der Waals surface area contributed by atoms with Crippen molar-refractivity contribution >= 4 is 87.1 Å². The van der Waals surface area contributed by atoms with Gasteiger partial charge in [0.05, 0.1) is 0 Å². The first kappa shape index (κ1) is 28.3. The van der Waals surface area contributed by atoms with E-state index < -0.39 is 6.17 Å². The second-order valence-corrected chi connectivity index (χ2v) is 14.0. The predicted octanol–water partition coefficient (Wildman–Crippen LogP) is 12.0. The van der Waals surface area contributed by atoms with E-state index in [1.54, 1.807) is 0 Å². The van der Waals surface area contributed by atoms with E-state index in [0.717, 1.165) is 83.4 Å². The maximum atomic E-state index is 6.59. The van der Waals surface area contributed by atoms with Gasteiger partial charge >= 0.3 is 0 Å². The van der Waals surface area contributed by atoms with Crippen molar-refractivity contribution in [1.29, 1.82) is 0 Å². The summed E-state index contributed by atoms with van der Waals surface area (Å²) < 4.78 is 15.4. The third-order valence-corrected chi connectivity index (χ3v) is 11.1. The Kier molecular flexibility index (Phi) is 6.12. The fourth-order valence-electron chi connectivity index (χ4n) is 7.55. The minimum Gasteiger partial charge on any atom is -0.456 e. The summed E-state index contributed by atoms with van der Waals surface area (Å²) in [6.45, 7) is 0. The van der Waals surface area contributed by atoms with E-state index in [4.69, 9.17) is 18.8 Å². The van der Waals surface area contributed by atoms with Crippen molar-refractivity contribution in [3.05, 3.63) is 168 Å². The van der Waals surface area contributed by atoms with Gasteiger partial charge in [-0.1, -0.05) is 115 Å². The topological polar surface area (TPSA) is 63.0 Å². The van der Waals surface area contributed by atoms with Crippen molar-refractivity contribution in [3.63, 3.8) is 0 Å². The Morgan fingerprint density at radius 3 is 2.08 bits per heavy atom. The van der Waals surface area contributed by atoms with Crippen LogP contribution in [0, 0.1) is 0 Å². The summed E-state index contributed by atoms with van der Waals surface area (Å²) in [7, 11) is 0. The van der Waals surface area contributed by atoms with Gasteiger partial charge in [0, 0.05) is 64.0 Å². The van der Waals surface area contributed by atoms with Crippen LogP contribution in [-0.4, -0.2) is 11.7 Å². The highest BCUT2D eigenvalue weighted by Crippen LogP contribution is 2.40. The molecule has 0 amide bonds. The van der Waals surface area contributed by atoms with Gasteiger partial charge < -0.3 is 14.2 Å². The highest BCUT2D eigenvalue weighted by atomic mass is 32.1. The van der Waals surface area contributed by atoms with Gasteiger partial charge in [0.1, 0.15) is 34.0 Å². The van der Waals surface area contributed by atoms with Gasteiger partial charge in [-0.2, -0.15) is 0 Å². The molecule has 1 unspecified atom stereocenters. The number of para-hydroxylation sites is 2. The molecule has 3 aromatic heterocycles. The zero-order valence-electron chi connectivity index (χ0n) is 27.1. The summed E-state index contributed by atoms with van der Waals surface area (Å²) >= 11 is 1.81. The number of benzene rings is 7. The minimum absolute atomic E-state index is 0.463. The normalized spacial score (nSPS) is 14.9. The van der Waals surface area contributed by atoms with E-state index in [-0.39, 0.29) is 0 Å². The third-order valence-electron chi connectivity index (χ3n) is 9.96. The number of nitrogens with one attached hydrogen (secondary N) is 1. The number of nitrogens with zero attached hydrogens (tertiary/aromatic N) is 2. The van der Waals surface area contributed by atoms with Gasteiger partial charge in [0.2, 0.25) is 0 Å². The average molecular weight is 674 g/mol. The van der Waals surface area contributed by atoms with E-state index in [1.165, 1.54) is 20.2 Å². The zero-order valence-corrected chi connectivity index (χ0v) is 27.9. The van der Waals surface area contributed by atoms with Crippen LogP contribution in [0.3, 0.4) is 0 Å². The van der Waals surface area contributed by atoms with Gasteiger partial charge in [0.25, 0.3) is 0 Å². The molecule has 5 nitrogen and oxygen atoms in total. The van der Waals surface area contributed by atoms with Gasteiger partial charge in [-0.25, -0.2) is 9.98 Å². The fourth-order valence-corrected chi connectivity index (χ4v) is 8.68. The molecule has 0 saturated heterocycles. The van der Waals surface area contributed by atoms with Crippen LogP contribution in [0.15, 0.2) is 170 Å². The number of aliphatic imine (C=N–C) groups is 2. The van der Waals surface area contributed by atoms with E-state index in [0.29, 0.717) is 0 Å². The van der Waals surface area contributed by atoms with Gasteiger partial charge in [0.15, 0.2) is 6.17 Å². The molecule has 51 heavy (non-hydrogen) atoms. The molecule has 0 saturated carbocycles. The van der Waals surface area contributed by atoms with Crippen LogP contribution >= 0.6 is 11.3 Å². The number of amidine groups is 2. The van der Waals surface area contributed by atoms with Crippen molar-refractivity contribution in [2.24, 2.45) is 9.98 Å². The first-order valence-electron chi connectivity index (χ1n) is 17.0. The van der Waals surface area contributed by atoms with Crippen LogP contribution in [0.1, 0.15) is 22.9 Å². The van der Waals surface area contributed by atoms with Crippen LogP contribution in [-0.2, 0) is 0 Å². The second kappa shape index (κ2) is 11.0. The molecule has 0 spiro atoms. The number of thiophene rings is 1. The van der Waals surface area contributed by atoms with Crippen LogP contribution in [0.2, 0.25) is 0 Å². The molecule has 0 radical (unpaired) electrons. The first-order valence-corrected chi connectivity index (χ1v) is 17.8. The molecule has 10 aromatic rings. The maximum Gasteiger partial charge on any atom is 0.169 e. The molecule has 240 valence electrons. The monoisotopic (exact) mass is 673 g/mol. The Hall–Kier alpha value is -6.50. The van der Waals surface area contributed by atoms with Crippen molar-refractivity contribution in [1.82, 2.24) is 5.32 Å². The van der Waals surface area contributed by atoms with Crippen molar-refractivity contribution in [2.75, 3.05) is 0 Å². The standard InChI is InChI=1S/C45H27N3O2S/c1-2-10-26(11-3-1)43-46-44(48-45(47-43)35-16-9-19-40-41(35)34-13-5-7-18-39(34)51-40)28-21-23-32-31-22-20-27(24-37(31)49-38(32)25-28)29-14-8-15-33-30-12-4-6-17-36(30)50-42(29)33/h1-25,44H,(H,46,47,48). The molecule has 0 aliphatic carbocycles. The fraction of sp³-hybridized carbons (Fsp3) is 0.0222. The van der Waals surface area contributed by atoms with Crippen molar-refractivity contribution in [3.8, 4) is 11.1 Å². The third kappa shape index (κ3) is 4.47. The zero-order chi connectivity index (χ0) is 33.5. The Morgan fingerprint density at radius 1 is 0.471 bits per heavy atom. The van der Waals surface area contributed by atoms with Crippen molar-refractivity contribution < 1.29 is 8.83 Å². The summed E-state index contributed by atoms with van der Waals surface area (Å²) in [6.07, 6.45) is -0.463. The van der Waals surface area contributed by atoms with Crippen LogP contribution in [0.5, 0.6) is 0 Å². The Labute approximate surface area is 295 Å². The molecule has 4 heterocycles. The van der Waals surface area contributed by atoms with Crippen LogP contribution in [0.4, 0.5) is 0 Å². The molecule has 0 fully saturated rings. The van der Waals surface area contributed by atoms with Gasteiger partial charge in [-0.3, -0.25) is 0 Å². The smallest absolute Gasteiger partial charge is 0.169 e. The largest absolute Gasteiger partial charge is 0.456 e. The summed E-state index contributed by atoms with van der Waals surface area (Å²) in [5, 5.41) is 10.4. The molecule has 1 N–H and O–H groups in total. The summed E-state index contributed by atoms with van der Waals surface area (Å²) in [5.74, 6) is 1.59. The Bertz CT molecular complexity index is 3070. The average Bonchev–Trinajstić information content (AvgIpc) is 3.88. The van der Waals surface area contributed by atoms with E-state index >= 15 is 0 Å². The van der Waals surface area contributed by atoms with Gasteiger partial charge in [-0.15, -0.1) is 11.3 Å². The molecule has 6 heteroatoms. The molecule has 1 aliphatic rings. The molecular weight excluding hydrogens is 647 g/mol. The Morgan fingerprint density at radius 2 is 1.16 bits per heavy atom. The van der Waals surface area contributed by atoms with E-state index in [9.17, 15) is 0 Å². The van der Waals surface area contributed by atoms with Gasteiger partial charge in [-0.05, 0) is 42.0 Å². The lowest BCUT2D eigenvalue weighted by atomic mass is 10.0. The molecule has 0 bridgehead atoms. The van der Waals surface area contributed by atoms with Crippen LogP contribution in [0.25, 0.3) is 75.2 Å². The Balaban J connectivity index is 1.04. The SMILES string of the molecule is c1ccc(C2=NC(c3ccc4c(c3)oc3cc(-c5cccc6c5oc5ccccc56)ccc34)N=C(c3cccc4sc5ccccc5c34)N2)cc1. The lowest BCUT2D eigenvalue weighted by molar-refractivity contribution is 0.665. The molecule has 7 aromatic carbocycles. The number of hydrogen-bond donors (Lipinski definition) is 1. The van der Waals surface area contributed by atoms with Crippen molar-refractivity contribution in [2.45, 2.75) is 6.17 Å². The minimum atomic E-state index is -0.463. The second-order valence-electron chi connectivity index (χ2n) is 12.9. The summed E-state index contributed by atoms with van der Waals surface area (Å²) in [4.78, 5) is 10.4. The van der Waals surface area contributed by atoms with Crippen LogP contribution < -0.4 is 5.32 Å². The summed E-state index contributed by atoms with van der Waals surface area (Å²) in [5.41, 5.74) is 8.53. The first-order chi connectivity index (χ1) is 25.2. The highest BCUT2D eigenvalue weighted by Gasteiger charge is 2.24. The van der Waals surface area contributed by atoms with E-state index in [2.05, 4.69) is 121 Å². The molecule has 11 rings (SSSR count). The predicted molar refractivity (Wildman–Crippen MR) is 211 cm³/mol. The van der Waals surface area contributed by atoms with E-state index in [1.807, 2.05) is 47.7 Å². The maximum absolute atomic E-state index is 6.59. The molecule has 1 atom stereocenters. The quantitative estimate of drug-likeness (QED) is 0.202. The lowest BCUT2D eigenvalue weighted by Gasteiger charge is -2.23. The summed E-state index contributed by atoms with van der Waals surface area (Å²) in [6, 6.07) is 52.6. The number of furan rings is 2. The molecule has 1 aliphatic heterocycles. The molecular formula is C45H27N3O2S.